The van der Waals surface area contributed by atoms with E-state index in [0.29, 0.717) is 28.7 Å². The maximum Gasteiger partial charge on any atom is 0.326 e. The highest BCUT2D eigenvalue weighted by atomic mass is 16.4. The molecule has 0 spiro atoms. The van der Waals surface area contributed by atoms with Crippen LogP contribution in [0.5, 0.6) is 11.5 Å². The van der Waals surface area contributed by atoms with Gasteiger partial charge in [-0.2, -0.15) is 0 Å². The molecule has 13 nitrogen and oxygen atoms in total. The van der Waals surface area contributed by atoms with E-state index in [1.165, 1.54) is 24.3 Å². The van der Waals surface area contributed by atoms with Gasteiger partial charge in [-0.25, -0.2) is 4.79 Å². The lowest BCUT2D eigenvalue weighted by Crippen LogP contribution is -2.60. The number of nitrogens with two attached hydrogens (primary N) is 1. The molecular formula is C42H49N5O8. The van der Waals surface area contributed by atoms with Crippen LogP contribution in [0.1, 0.15) is 42.5 Å². The summed E-state index contributed by atoms with van der Waals surface area (Å²) in [5, 5.41) is 40.2. The second-order valence-electron chi connectivity index (χ2n) is 13.6. The highest BCUT2D eigenvalue weighted by Gasteiger charge is 2.33. The van der Waals surface area contributed by atoms with Crippen LogP contribution in [-0.4, -0.2) is 75.1 Å². The van der Waals surface area contributed by atoms with Gasteiger partial charge >= 0.3 is 5.97 Å². The number of phenols is 2. The van der Waals surface area contributed by atoms with Crippen molar-refractivity contribution in [3.8, 4) is 11.5 Å². The Hall–Kier alpha value is -6.21. The predicted octanol–water partition coefficient (Wildman–Crippen LogP) is 2.77. The van der Waals surface area contributed by atoms with Crippen LogP contribution in [0.4, 0.5) is 0 Å². The van der Waals surface area contributed by atoms with E-state index in [1.54, 1.807) is 91.9 Å². The zero-order valence-electron chi connectivity index (χ0n) is 30.9. The molecule has 4 aromatic carbocycles. The fourth-order valence-electron chi connectivity index (χ4n) is 5.93. The summed E-state index contributed by atoms with van der Waals surface area (Å²) >= 11 is 0. The molecule has 0 aromatic heterocycles. The molecule has 55 heavy (non-hydrogen) atoms. The molecule has 0 unspecified atom stereocenters. The van der Waals surface area contributed by atoms with E-state index in [4.69, 9.17) is 5.73 Å². The van der Waals surface area contributed by atoms with Gasteiger partial charge in [0.25, 0.3) is 0 Å². The van der Waals surface area contributed by atoms with E-state index in [0.717, 1.165) is 0 Å². The van der Waals surface area contributed by atoms with Gasteiger partial charge in [0.05, 0.1) is 6.04 Å². The molecule has 4 amide bonds. The van der Waals surface area contributed by atoms with E-state index >= 15 is 0 Å². The number of carbonyl (C=O) groups is 5. The second kappa shape index (κ2) is 20.3. The maximum atomic E-state index is 14.2. The molecule has 0 aliphatic rings. The Kier molecular flexibility index (Phi) is 15.3. The number of hydrogen-bond acceptors (Lipinski definition) is 8. The van der Waals surface area contributed by atoms with Gasteiger partial charge in [-0.15, -0.1) is 0 Å². The van der Waals surface area contributed by atoms with Crippen LogP contribution in [0.15, 0.2) is 109 Å². The zero-order chi connectivity index (χ0) is 39.9. The van der Waals surface area contributed by atoms with E-state index in [1.807, 2.05) is 6.92 Å². The Morgan fingerprint density at radius 2 is 0.873 bits per heavy atom. The number of aromatic hydroxyl groups is 2. The molecule has 0 bridgehead atoms. The van der Waals surface area contributed by atoms with Gasteiger partial charge < -0.3 is 42.3 Å². The Labute approximate surface area is 320 Å². The van der Waals surface area contributed by atoms with Crippen molar-refractivity contribution >= 4 is 29.6 Å². The molecule has 290 valence electrons. The van der Waals surface area contributed by atoms with Crippen molar-refractivity contribution in [2.45, 2.75) is 76.2 Å². The van der Waals surface area contributed by atoms with E-state index < -0.39 is 65.7 Å². The van der Waals surface area contributed by atoms with Gasteiger partial charge in [0, 0.05) is 19.3 Å². The van der Waals surface area contributed by atoms with Gasteiger partial charge in [0.1, 0.15) is 35.7 Å². The standard InChI is InChI=1S/C42H49N5O8/c1-3-26(2)37(42(54)55)47-41(53)36(24-28-12-8-5-9-13-28)46-40(52)35(23-27-10-6-4-7-11-27)45-39(51)34(25-30-16-20-32(49)21-17-30)44-38(50)33(43)22-29-14-18-31(48)19-15-29/h4-21,26,33-37,48-49H,3,22-25,43H2,1-2H3,(H,44,50)(H,45,51)(H,46,52)(H,47,53)(H,54,55)/t26-,33-,34-,35-,36-,37-/m0/s1. The summed E-state index contributed by atoms with van der Waals surface area (Å²) in [4.78, 5) is 67.6. The summed E-state index contributed by atoms with van der Waals surface area (Å²) in [6.07, 6.45) is 0.637. The normalized spacial score (nSPS) is 14.2. The first-order chi connectivity index (χ1) is 26.3. The van der Waals surface area contributed by atoms with E-state index in [-0.39, 0.29) is 37.2 Å². The van der Waals surface area contributed by atoms with Crippen molar-refractivity contribution in [2.24, 2.45) is 11.7 Å². The Morgan fingerprint density at radius 1 is 0.527 bits per heavy atom. The lowest BCUT2D eigenvalue weighted by molar-refractivity contribution is -0.143. The Balaban J connectivity index is 1.61. The minimum Gasteiger partial charge on any atom is -0.508 e. The van der Waals surface area contributed by atoms with Crippen molar-refractivity contribution in [3.05, 3.63) is 131 Å². The number of aliphatic carboxylic acids is 1. The number of benzene rings is 4. The van der Waals surface area contributed by atoms with E-state index in [9.17, 15) is 39.3 Å². The fourth-order valence-corrected chi connectivity index (χ4v) is 5.93. The summed E-state index contributed by atoms with van der Waals surface area (Å²) in [5.74, 6) is -4.27. The first-order valence-corrected chi connectivity index (χ1v) is 18.2. The van der Waals surface area contributed by atoms with Crippen LogP contribution >= 0.6 is 0 Å². The van der Waals surface area contributed by atoms with Crippen LogP contribution in [0.3, 0.4) is 0 Å². The largest absolute Gasteiger partial charge is 0.508 e. The zero-order valence-corrected chi connectivity index (χ0v) is 30.9. The Morgan fingerprint density at radius 3 is 1.25 bits per heavy atom. The van der Waals surface area contributed by atoms with Gasteiger partial charge in [-0.05, 0) is 58.9 Å². The number of amides is 4. The lowest BCUT2D eigenvalue weighted by Gasteiger charge is -2.27. The smallest absolute Gasteiger partial charge is 0.326 e. The van der Waals surface area contributed by atoms with Crippen LogP contribution in [0.2, 0.25) is 0 Å². The topological polar surface area (TPSA) is 220 Å². The SMILES string of the molecule is CC[C@H](C)[C@H](NC(=O)[C@H](Cc1ccccc1)NC(=O)[C@H](Cc1ccccc1)NC(=O)[C@H](Cc1ccc(O)cc1)NC(=O)[C@@H](N)Cc1ccc(O)cc1)C(=O)O. The molecule has 4 aromatic rings. The molecule has 0 aliphatic heterocycles. The number of carboxylic acids is 1. The minimum absolute atomic E-state index is 0.0113. The fraction of sp³-hybridized carbons (Fsp3) is 0.310. The van der Waals surface area contributed by atoms with Gasteiger partial charge in [-0.1, -0.05) is 105 Å². The molecular weight excluding hydrogens is 702 g/mol. The van der Waals surface area contributed by atoms with Gasteiger partial charge in [-0.3, -0.25) is 19.2 Å². The second-order valence-corrected chi connectivity index (χ2v) is 13.6. The third-order valence-corrected chi connectivity index (χ3v) is 9.35. The van der Waals surface area contributed by atoms with Crippen molar-refractivity contribution in [1.82, 2.24) is 21.3 Å². The molecule has 0 fully saturated rings. The van der Waals surface area contributed by atoms with Crippen molar-refractivity contribution < 1.29 is 39.3 Å². The average Bonchev–Trinajstić information content (AvgIpc) is 3.18. The van der Waals surface area contributed by atoms with Crippen molar-refractivity contribution in [2.75, 3.05) is 0 Å². The number of nitrogens with one attached hydrogen (secondary N) is 4. The van der Waals surface area contributed by atoms with E-state index in [2.05, 4.69) is 21.3 Å². The number of hydrogen-bond donors (Lipinski definition) is 8. The molecule has 6 atom stereocenters. The number of carbonyl (C=O) groups excluding carboxylic acids is 4. The van der Waals surface area contributed by atoms with Crippen LogP contribution < -0.4 is 27.0 Å². The van der Waals surface area contributed by atoms with Crippen molar-refractivity contribution in [3.63, 3.8) is 0 Å². The average molecular weight is 752 g/mol. The molecule has 4 rings (SSSR count). The lowest BCUT2D eigenvalue weighted by atomic mass is 9.97. The third-order valence-electron chi connectivity index (χ3n) is 9.35. The third kappa shape index (κ3) is 13.0. The summed E-state index contributed by atoms with van der Waals surface area (Å²) < 4.78 is 0. The maximum absolute atomic E-state index is 14.2. The number of rotatable bonds is 19. The number of carboxylic acid groups (broad SMARTS) is 1. The summed E-state index contributed by atoms with van der Waals surface area (Å²) in [7, 11) is 0. The first-order valence-electron chi connectivity index (χ1n) is 18.2. The van der Waals surface area contributed by atoms with Crippen LogP contribution in [-0.2, 0) is 49.7 Å². The van der Waals surface area contributed by atoms with Crippen LogP contribution in [0.25, 0.3) is 0 Å². The number of phenolic OH excluding ortho intramolecular Hbond substituents is 2. The summed E-state index contributed by atoms with van der Waals surface area (Å²) in [6, 6.07) is 24.2. The van der Waals surface area contributed by atoms with Crippen LogP contribution in [0, 0.1) is 5.92 Å². The quantitative estimate of drug-likeness (QED) is 0.0705. The molecule has 0 saturated heterocycles. The highest BCUT2D eigenvalue weighted by molar-refractivity contribution is 5.96. The summed E-state index contributed by atoms with van der Waals surface area (Å²) in [6.45, 7) is 3.52. The van der Waals surface area contributed by atoms with Gasteiger partial charge in [0.15, 0.2) is 0 Å². The Bertz CT molecular complexity index is 1870. The van der Waals surface area contributed by atoms with Crippen molar-refractivity contribution in [1.29, 1.82) is 0 Å². The molecule has 13 heteroatoms. The minimum atomic E-state index is -1.24. The first kappa shape index (κ1) is 41.5. The van der Waals surface area contributed by atoms with Gasteiger partial charge in [0.2, 0.25) is 23.6 Å². The highest BCUT2D eigenvalue weighted by Crippen LogP contribution is 2.15. The predicted molar refractivity (Wildman–Crippen MR) is 207 cm³/mol. The summed E-state index contributed by atoms with van der Waals surface area (Å²) in [5.41, 5.74) is 8.95. The molecule has 0 saturated carbocycles. The molecule has 0 radical (unpaired) electrons. The molecule has 0 heterocycles. The molecule has 0 aliphatic carbocycles. The monoisotopic (exact) mass is 751 g/mol. The molecule has 9 N–H and O–H groups in total.